The molecule has 0 fully saturated rings. The molecule has 0 aromatic heterocycles. The van der Waals surface area contributed by atoms with Crippen LogP contribution in [0.5, 0.6) is 0 Å². The number of aryl methyl sites for hydroxylation is 1. The van der Waals surface area contributed by atoms with Gasteiger partial charge in [0.25, 0.3) is 0 Å². The highest BCUT2D eigenvalue weighted by Crippen LogP contribution is 2.11. The third-order valence-corrected chi connectivity index (χ3v) is 3.12. The average Bonchev–Trinajstić information content (AvgIpc) is 2.49. The maximum atomic E-state index is 13.0. The van der Waals surface area contributed by atoms with E-state index < -0.39 is 0 Å². The molecule has 3 nitrogen and oxygen atoms in total. The molecule has 110 valence electrons. The number of nitrogens with zero attached hydrogens (tertiary/aromatic N) is 1. The van der Waals surface area contributed by atoms with Crippen molar-refractivity contribution in [3.8, 4) is 0 Å². The molecule has 0 radical (unpaired) electrons. The van der Waals surface area contributed by atoms with Gasteiger partial charge in [0.15, 0.2) is 0 Å². The van der Waals surface area contributed by atoms with Gasteiger partial charge in [0.1, 0.15) is 12.9 Å². The molecule has 4 heteroatoms. The lowest BCUT2D eigenvalue weighted by atomic mass is 10.1. The maximum Gasteiger partial charge on any atom is 0.123 e. The first-order chi connectivity index (χ1) is 10.2. The van der Waals surface area contributed by atoms with Crippen molar-refractivity contribution < 1.29 is 9.23 Å². The summed E-state index contributed by atoms with van der Waals surface area (Å²) in [6.07, 6.45) is 0.688. The SMILES string of the molecule is CO/N=C(/CCNc1ccc(C)cc1)c1ccc(F)cc1. The number of oxime groups is 1. The van der Waals surface area contributed by atoms with E-state index in [0.29, 0.717) is 6.42 Å². The Balaban J connectivity index is 1.96. The van der Waals surface area contributed by atoms with Crippen LogP contribution in [0.3, 0.4) is 0 Å². The Morgan fingerprint density at radius 3 is 2.38 bits per heavy atom. The van der Waals surface area contributed by atoms with Gasteiger partial charge in [-0.1, -0.05) is 35.0 Å². The predicted octanol–water partition coefficient (Wildman–Crippen LogP) is 3.99. The monoisotopic (exact) mass is 286 g/mol. The van der Waals surface area contributed by atoms with E-state index in [2.05, 4.69) is 29.5 Å². The van der Waals surface area contributed by atoms with Crippen LogP contribution in [-0.4, -0.2) is 19.4 Å². The molecule has 21 heavy (non-hydrogen) atoms. The standard InChI is InChI=1S/C17H19FN2O/c1-13-3-9-16(10-4-13)19-12-11-17(20-21-2)14-5-7-15(18)8-6-14/h3-10,19H,11-12H2,1-2H3/b20-17-. The minimum Gasteiger partial charge on any atom is -0.399 e. The van der Waals surface area contributed by atoms with E-state index >= 15 is 0 Å². The molecule has 0 aliphatic carbocycles. The summed E-state index contributed by atoms with van der Waals surface area (Å²) in [5, 5.41) is 7.35. The Kier molecular flexibility index (Phi) is 5.32. The quantitative estimate of drug-likeness (QED) is 0.643. The van der Waals surface area contributed by atoms with Crippen molar-refractivity contribution in [2.24, 2.45) is 5.16 Å². The lowest BCUT2D eigenvalue weighted by molar-refractivity contribution is 0.213. The normalized spacial score (nSPS) is 11.3. The van der Waals surface area contributed by atoms with Crippen LogP contribution in [0.4, 0.5) is 10.1 Å². The van der Waals surface area contributed by atoms with E-state index in [0.717, 1.165) is 23.5 Å². The zero-order chi connectivity index (χ0) is 15.1. The summed E-state index contributed by atoms with van der Waals surface area (Å²) in [6, 6.07) is 14.5. The highest BCUT2D eigenvalue weighted by molar-refractivity contribution is 6.00. The van der Waals surface area contributed by atoms with Gasteiger partial charge in [-0.25, -0.2) is 4.39 Å². The van der Waals surface area contributed by atoms with Gasteiger partial charge in [0.2, 0.25) is 0 Å². The molecule has 0 bridgehead atoms. The topological polar surface area (TPSA) is 33.6 Å². The van der Waals surface area contributed by atoms with Crippen molar-refractivity contribution >= 4 is 11.4 Å². The fraction of sp³-hybridized carbons (Fsp3) is 0.235. The number of nitrogens with one attached hydrogen (secondary N) is 1. The second-order valence-corrected chi connectivity index (χ2v) is 4.77. The van der Waals surface area contributed by atoms with Crippen molar-refractivity contribution in [2.75, 3.05) is 19.0 Å². The fourth-order valence-electron chi connectivity index (χ4n) is 1.99. The van der Waals surface area contributed by atoms with Gasteiger partial charge in [0, 0.05) is 18.7 Å². The van der Waals surface area contributed by atoms with Crippen LogP contribution in [0.15, 0.2) is 53.7 Å². The molecule has 0 aliphatic rings. The molecule has 2 aromatic rings. The summed E-state index contributed by atoms with van der Waals surface area (Å²) in [6.45, 7) is 2.78. The summed E-state index contributed by atoms with van der Waals surface area (Å²) in [7, 11) is 1.51. The molecule has 0 spiro atoms. The second kappa shape index (κ2) is 7.43. The van der Waals surface area contributed by atoms with Gasteiger partial charge in [0.05, 0.1) is 5.71 Å². The smallest absolute Gasteiger partial charge is 0.123 e. The first-order valence-corrected chi connectivity index (χ1v) is 6.85. The van der Waals surface area contributed by atoms with Crippen LogP contribution in [-0.2, 0) is 4.84 Å². The predicted molar refractivity (Wildman–Crippen MR) is 84.2 cm³/mol. The molecule has 0 aliphatic heterocycles. The Labute approximate surface area is 124 Å². The molecule has 2 rings (SSSR count). The minimum atomic E-state index is -0.256. The van der Waals surface area contributed by atoms with Crippen LogP contribution in [0, 0.1) is 12.7 Å². The number of hydrogen-bond acceptors (Lipinski definition) is 3. The molecule has 0 atom stereocenters. The molecule has 0 saturated carbocycles. The van der Waals surface area contributed by atoms with Gasteiger partial charge in [-0.3, -0.25) is 0 Å². The maximum absolute atomic E-state index is 13.0. The summed E-state index contributed by atoms with van der Waals surface area (Å²) in [5.41, 5.74) is 3.95. The number of hydrogen-bond donors (Lipinski definition) is 1. The number of halogens is 1. The highest BCUT2D eigenvalue weighted by Gasteiger charge is 2.05. The molecule has 0 amide bonds. The van der Waals surface area contributed by atoms with Gasteiger partial charge in [-0.15, -0.1) is 0 Å². The van der Waals surface area contributed by atoms with Gasteiger partial charge in [-0.05, 0) is 36.8 Å². The summed E-state index contributed by atoms with van der Waals surface area (Å²) < 4.78 is 13.0. The highest BCUT2D eigenvalue weighted by atomic mass is 19.1. The van der Waals surface area contributed by atoms with Crippen molar-refractivity contribution in [1.29, 1.82) is 0 Å². The Morgan fingerprint density at radius 1 is 1.10 bits per heavy atom. The van der Waals surface area contributed by atoms with Crippen molar-refractivity contribution in [1.82, 2.24) is 0 Å². The van der Waals surface area contributed by atoms with E-state index in [1.54, 1.807) is 12.1 Å². The van der Waals surface area contributed by atoms with Gasteiger partial charge >= 0.3 is 0 Å². The van der Waals surface area contributed by atoms with Crippen molar-refractivity contribution in [2.45, 2.75) is 13.3 Å². The Bertz CT molecular complexity index is 591. The van der Waals surface area contributed by atoms with Crippen LogP contribution >= 0.6 is 0 Å². The molecule has 0 heterocycles. The second-order valence-electron chi connectivity index (χ2n) is 4.77. The minimum absolute atomic E-state index is 0.256. The van der Waals surface area contributed by atoms with E-state index in [1.165, 1.54) is 24.8 Å². The first kappa shape index (κ1) is 15.0. The van der Waals surface area contributed by atoms with E-state index in [1.807, 2.05) is 12.1 Å². The molecule has 0 saturated heterocycles. The van der Waals surface area contributed by atoms with E-state index in [-0.39, 0.29) is 5.82 Å². The van der Waals surface area contributed by atoms with E-state index in [9.17, 15) is 4.39 Å². The first-order valence-electron chi connectivity index (χ1n) is 6.85. The van der Waals surface area contributed by atoms with E-state index in [4.69, 9.17) is 4.84 Å². The number of anilines is 1. The van der Waals surface area contributed by atoms with Crippen molar-refractivity contribution in [3.63, 3.8) is 0 Å². The Morgan fingerprint density at radius 2 is 1.76 bits per heavy atom. The summed E-state index contributed by atoms with van der Waals surface area (Å²) in [5.74, 6) is -0.256. The number of rotatable bonds is 6. The van der Waals surface area contributed by atoms with Crippen LogP contribution in [0.25, 0.3) is 0 Å². The lowest BCUT2D eigenvalue weighted by Gasteiger charge is -2.09. The van der Waals surface area contributed by atoms with Crippen LogP contribution in [0.2, 0.25) is 0 Å². The summed E-state index contributed by atoms with van der Waals surface area (Å²) in [4.78, 5) is 4.87. The van der Waals surface area contributed by atoms with Gasteiger partial charge in [-0.2, -0.15) is 0 Å². The average molecular weight is 286 g/mol. The van der Waals surface area contributed by atoms with Gasteiger partial charge < -0.3 is 10.2 Å². The zero-order valence-electron chi connectivity index (χ0n) is 12.3. The third kappa shape index (κ3) is 4.60. The Hall–Kier alpha value is -2.36. The zero-order valence-corrected chi connectivity index (χ0v) is 12.3. The number of benzene rings is 2. The molecular weight excluding hydrogens is 267 g/mol. The molecule has 2 aromatic carbocycles. The van der Waals surface area contributed by atoms with Crippen LogP contribution < -0.4 is 5.32 Å². The molecule has 0 unspecified atom stereocenters. The molecule has 1 N–H and O–H groups in total. The largest absolute Gasteiger partial charge is 0.399 e. The van der Waals surface area contributed by atoms with Crippen molar-refractivity contribution in [3.05, 3.63) is 65.5 Å². The fourth-order valence-corrected chi connectivity index (χ4v) is 1.99. The molecular formula is C17H19FN2O. The third-order valence-electron chi connectivity index (χ3n) is 3.12. The van der Waals surface area contributed by atoms with Crippen LogP contribution in [0.1, 0.15) is 17.5 Å². The lowest BCUT2D eigenvalue weighted by Crippen LogP contribution is -2.10. The summed E-state index contributed by atoms with van der Waals surface area (Å²) >= 11 is 0.